The molecule has 0 aliphatic heterocycles. The number of carbonyl (C=O) groups excluding carboxylic acids is 1. The van der Waals surface area contributed by atoms with Gasteiger partial charge in [-0.25, -0.2) is 13.6 Å². The van der Waals surface area contributed by atoms with Gasteiger partial charge in [0.05, 0.1) is 17.1 Å². The van der Waals surface area contributed by atoms with Crippen LogP contribution in [0.5, 0.6) is 5.75 Å². The highest BCUT2D eigenvalue weighted by Gasteiger charge is 2.24. The van der Waals surface area contributed by atoms with Crippen molar-refractivity contribution in [2.24, 2.45) is 0 Å². The van der Waals surface area contributed by atoms with Crippen LogP contribution in [0.25, 0.3) is 22.0 Å². The fourth-order valence-electron chi connectivity index (χ4n) is 3.33. The number of esters is 1. The summed E-state index contributed by atoms with van der Waals surface area (Å²) in [6.07, 6.45) is 0.995. The van der Waals surface area contributed by atoms with Crippen molar-refractivity contribution in [2.45, 2.75) is 46.3 Å². The Bertz CT molecular complexity index is 1050. The van der Waals surface area contributed by atoms with Gasteiger partial charge in [-0.3, -0.25) is 0 Å². The first-order chi connectivity index (χ1) is 14.3. The zero-order valence-corrected chi connectivity index (χ0v) is 18.1. The number of hydrogen-bond donors (Lipinski definition) is 0. The van der Waals surface area contributed by atoms with Crippen LogP contribution in [0.4, 0.5) is 8.78 Å². The number of benzene rings is 2. The van der Waals surface area contributed by atoms with Crippen LogP contribution in [-0.2, 0) is 9.53 Å². The molecule has 7 heteroatoms. The SMILES string of the molecule is CCOC(=O)C(CC)Oc1c(F)cc(-c2ccc3c(Cl)cn(C(C)C)c3c2)cc1F. The first-order valence-electron chi connectivity index (χ1n) is 9.89. The van der Waals surface area contributed by atoms with Crippen LogP contribution < -0.4 is 4.74 Å². The van der Waals surface area contributed by atoms with Crippen molar-refractivity contribution in [3.05, 3.63) is 53.2 Å². The van der Waals surface area contributed by atoms with Crippen LogP contribution in [0.3, 0.4) is 0 Å². The topological polar surface area (TPSA) is 40.5 Å². The minimum absolute atomic E-state index is 0.160. The van der Waals surface area contributed by atoms with Gasteiger partial charge in [-0.15, -0.1) is 0 Å². The van der Waals surface area contributed by atoms with Gasteiger partial charge in [0.2, 0.25) is 0 Å². The number of aromatic nitrogens is 1. The molecule has 2 aromatic carbocycles. The van der Waals surface area contributed by atoms with E-state index in [1.54, 1.807) is 19.9 Å². The summed E-state index contributed by atoms with van der Waals surface area (Å²) in [6, 6.07) is 8.02. The maximum absolute atomic E-state index is 14.7. The van der Waals surface area contributed by atoms with E-state index in [1.165, 1.54) is 12.1 Å². The van der Waals surface area contributed by atoms with Gasteiger partial charge in [-0.2, -0.15) is 0 Å². The van der Waals surface area contributed by atoms with Crippen molar-refractivity contribution in [3.8, 4) is 16.9 Å². The Kier molecular flexibility index (Phi) is 6.66. The third kappa shape index (κ3) is 4.29. The molecule has 30 heavy (non-hydrogen) atoms. The van der Waals surface area contributed by atoms with Crippen molar-refractivity contribution in [2.75, 3.05) is 6.61 Å². The van der Waals surface area contributed by atoms with Gasteiger partial charge in [0.1, 0.15) is 0 Å². The quantitative estimate of drug-likeness (QED) is 0.395. The molecule has 3 aromatic rings. The predicted molar refractivity (Wildman–Crippen MR) is 114 cm³/mol. The molecule has 0 radical (unpaired) electrons. The lowest BCUT2D eigenvalue weighted by Crippen LogP contribution is -2.29. The number of hydrogen-bond acceptors (Lipinski definition) is 3. The van der Waals surface area contributed by atoms with E-state index in [4.69, 9.17) is 21.1 Å². The summed E-state index contributed by atoms with van der Waals surface area (Å²) >= 11 is 6.31. The second-order valence-corrected chi connectivity index (χ2v) is 7.65. The summed E-state index contributed by atoms with van der Waals surface area (Å²) in [5, 5.41) is 1.49. The largest absolute Gasteiger partial charge is 0.473 e. The van der Waals surface area contributed by atoms with Crippen LogP contribution >= 0.6 is 11.6 Å². The lowest BCUT2D eigenvalue weighted by molar-refractivity contribution is -0.151. The minimum Gasteiger partial charge on any atom is -0.473 e. The molecule has 0 spiro atoms. The van der Waals surface area contributed by atoms with E-state index < -0.39 is 29.5 Å². The van der Waals surface area contributed by atoms with Gasteiger partial charge in [0, 0.05) is 17.6 Å². The first-order valence-corrected chi connectivity index (χ1v) is 10.3. The average Bonchev–Trinajstić information content (AvgIpc) is 3.04. The number of halogens is 3. The highest BCUT2D eigenvalue weighted by Crippen LogP contribution is 2.34. The predicted octanol–water partition coefficient (Wildman–Crippen LogP) is 6.54. The average molecular weight is 436 g/mol. The Morgan fingerprint density at radius 2 is 1.77 bits per heavy atom. The maximum Gasteiger partial charge on any atom is 0.347 e. The van der Waals surface area contributed by atoms with Crippen molar-refractivity contribution >= 4 is 28.5 Å². The molecule has 3 rings (SSSR count). The second kappa shape index (κ2) is 9.04. The first kappa shape index (κ1) is 22.1. The number of nitrogens with zero attached hydrogens (tertiary/aromatic N) is 1. The molecule has 0 aliphatic rings. The Balaban J connectivity index is 1.99. The van der Waals surface area contributed by atoms with E-state index in [2.05, 4.69) is 0 Å². The second-order valence-electron chi connectivity index (χ2n) is 7.25. The third-order valence-electron chi connectivity index (χ3n) is 4.85. The van der Waals surface area contributed by atoms with Gasteiger partial charge in [0.15, 0.2) is 23.5 Å². The van der Waals surface area contributed by atoms with Crippen molar-refractivity contribution in [1.82, 2.24) is 4.57 Å². The summed E-state index contributed by atoms with van der Waals surface area (Å²) in [4.78, 5) is 11.9. The van der Waals surface area contributed by atoms with Gasteiger partial charge >= 0.3 is 5.97 Å². The molecule has 0 saturated carbocycles. The molecule has 0 amide bonds. The molecule has 1 aromatic heterocycles. The van der Waals surface area contributed by atoms with E-state index in [1.807, 2.05) is 36.7 Å². The molecule has 0 fully saturated rings. The fourth-order valence-corrected chi connectivity index (χ4v) is 3.59. The van der Waals surface area contributed by atoms with Crippen LogP contribution in [0.1, 0.15) is 40.2 Å². The molecule has 0 N–H and O–H groups in total. The van der Waals surface area contributed by atoms with Crippen LogP contribution in [0, 0.1) is 11.6 Å². The molecule has 1 atom stereocenters. The number of carbonyl (C=O) groups is 1. The molecule has 160 valence electrons. The highest BCUT2D eigenvalue weighted by molar-refractivity contribution is 6.35. The molecule has 0 aliphatic carbocycles. The summed E-state index contributed by atoms with van der Waals surface area (Å²) in [5.74, 6) is -3.01. The Hall–Kier alpha value is -2.60. The normalized spacial score (nSPS) is 12.4. The summed E-state index contributed by atoms with van der Waals surface area (Å²) in [5.41, 5.74) is 1.87. The number of fused-ring (bicyclic) bond motifs is 1. The summed E-state index contributed by atoms with van der Waals surface area (Å²) in [7, 11) is 0. The summed E-state index contributed by atoms with van der Waals surface area (Å²) in [6.45, 7) is 7.55. The van der Waals surface area contributed by atoms with Crippen LogP contribution in [-0.4, -0.2) is 23.2 Å². The van der Waals surface area contributed by atoms with E-state index in [0.29, 0.717) is 16.1 Å². The highest BCUT2D eigenvalue weighted by atomic mass is 35.5. The van der Waals surface area contributed by atoms with E-state index in [0.717, 1.165) is 10.9 Å². The van der Waals surface area contributed by atoms with Crippen LogP contribution in [0.2, 0.25) is 5.02 Å². The summed E-state index contributed by atoms with van der Waals surface area (Å²) < 4.78 is 41.7. The van der Waals surface area contributed by atoms with Gasteiger partial charge in [-0.05, 0) is 56.5 Å². The van der Waals surface area contributed by atoms with Crippen molar-refractivity contribution in [3.63, 3.8) is 0 Å². The standard InChI is InChI=1S/C23H24ClF2NO3/c1-5-21(23(28)29-6-2)30-22-18(25)9-15(10-19(22)26)14-7-8-16-17(24)12-27(13(3)4)20(16)11-14/h7-13,21H,5-6H2,1-4H3. The van der Waals surface area contributed by atoms with E-state index >= 15 is 0 Å². The van der Waals surface area contributed by atoms with Crippen molar-refractivity contribution in [1.29, 1.82) is 0 Å². The molecule has 0 bridgehead atoms. The Morgan fingerprint density at radius 1 is 1.10 bits per heavy atom. The lowest BCUT2D eigenvalue weighted by Gasteiger charge is -2.17. The van der Waals surface area contributed by atoms with Gasteiger partial charge in [-0.1, -0.05) is 30.7 Å². The Labute approximate surface area is 179 Å². The maximum atomic E-state index is 14.7. The minimum atomic E-state index is -1.08. The molecular formula is C23H24ClF2NO3. The van der Waals surface area contributed by atoms with Crippen molar-refractivity contribution < 1.29 is 23.0 Å². The third-order valence-corrected chi connectivity index (χ3v) is 5.16. The monoisotopic (exact) mass is 435 g/mol. The van der Waals surface area contributed by atoms with E-state index in [-0.39, 0.29) is 19.1 Å². The number of rotatable bonds is 7. The fraction of sp³-hybridized carbons (Fsp3) is 0.348. The molecular weight excluding hydrogens is 412 g/mol. The molecule has 1 unspecified atom stereocenters. The van der Waals surface area contributed by atoms with Gasteiger partial charge < -0.3 is 14.0 Å². The zero-order chi connectivity index (χ0) is 22.0. The smallest absolute Gasteiger partial charge is 0.347 e. The van der Waals surface area contributed by atoms with Gasteiger partial charge in [0.25, 0.3) is 0 Å². The lowest BCUT2D eigenvalue weighted by atomic mass is 10.0. The van der Waals surface area contributed by atoms with E-state index in [9.17, 15) is 13.6 Å². The zero-order valence-electron chi connectivity index (χ0n) is 17.3. The molecule has 4 nitrogen and oxygen atoms in total. The molecule has 1 heterocycles. The van der Waals surface area contributed by atoms with Crippen LogP contribution in [0.15, 0.2) is 36.5 Å². The Morgan fingerprint density at radius 3 is 2.33 bits per heavy atom. The molecule has 0 saturated heterocycles. The number of ether oxygens (including phenoxy) is 2.